The molecule has 0 saturated heterocycles. The summed E-state index contributed by atoms with van der Waals surface area (Å²) >= 11 is 11.5. The Labute approximate surface area is 108 Å². The first kappa shape index (κ1) is 12.0. The molecule has 0 bridgehead atoms. The fourth-order valence-electron chi connectivity index (χ4n) is 1.39. The second-order valence-corrected chi connectivity index (χ2v) is 4.24. The van der Waals surface area contributed by atoms with E-state index in [4.69, 9.17) is 28.9 Å². The van der Waals surface area contributed by atoms with E-state index < -0.39 is 5.82 Å². The van der Waals surface area contributed by atoms with Crippen molar-refractivity contribution >= 4 is 40.3 Å². The minimum Gasteiger partial charge on any atom is -0.396 e. The summed E-state index contributed by atoms with van der Waals surface area (Å²) in [6.45, 7) is 0. The molecule has 0 atom stereocenters. The Balaban J connectivity index is 2.38. The number of anilines is 3. The predicted octanol–water partition coefficient (Wildman–Crippen LogP) is 4.46. The zero-order valence-electron chi connectivity index (χ0n) is 8.68. The zero-order chi connectivity index (χ0) is 12.4. The Morgan fingerprint density at radius 1 is 0.941 bits per heavy atom. The van der Waals surface area contributed by atoms with Crippen molar-refractivity contribution in [3.8, 4) is 0 Å². The SMILES string of the molecule is Nc1c(Cl)cccc1Nc1cccc(Cl)c1F. The lowest BCUT2D eigenvalue weighted by Gasteiger charge is -2.11. The van der Waals surface area contributed by atoms with Crippen molar-refractivity contribution in [2.75, 3.05) is 11.1 Å². The van der Waals surface area contributed by atoms with Gasteiger partial charge in [0.05, 0.1) is 27.1 Å². The zero-order valence-corrected chi connectivity index (χ0v) is 10.2. The quantitative estimate of drug-likeness (QED) is 0.791. The number of hydrogen-bond acceptors (Lipinski definition) is 2. The fraction of sp³-hybridized carbons (Fsp3) is 0. The molecule has 0 heterocycles. The van der Waals surface area contributed by atoms with E-state index in [0.717, 1.165) is 0 Å². The van der Waals surface area contributed by atoms with Crippen LogP contribution in [0.4, 0.5) is 21.5 Å². The molecule has 0 fully saturated rings. The average Bonchev–Trinajstić information content (AvgIpc) is 2.31. The maximum atomic E-state index is 13.7. The van der Waals surface area contributed by atoms with Crippen LogP contribution in [-0.4, -0.2) is 0 Å². The summed E-state index contributed by atoms with van der Waals surface area (Å²) in [7, 11) is 0. The van der Waals surface area contributed by atoms with Crippen molar-refractivity contribution < 1.29 is 4.39 Å². The molecule has 0 radical (unpaired) electrons. The third-order valence-corrected chi connectivity index (χ3v) is 2.90. The van der Waals surface area contributed by atoms with Crippen molar-refractivity contribution in [1.82, 2.24) is 0 Å². The highest BCUT2D eigenvalue weighted by Crippen LogP contribution is 2.31. The van der Waals surface area contributed by atoms with Crippen molar-refractivity contribution in [3.05, 3.63) is 52.3 Å². The second kappa shape index (κ2) is 4.82. The van der Waals surface area contributed by atoms with Gasteiger partial charge in [-0.15, -0.1) is 0 Å². The molecule has 5 heteroatoms. The van der Waals surface area contributed by atoms with Crippen LogP contribution < -0.4 is 11.1 Å². The van der Waals surface area contributed by atoms with Gasteiger partial charge >= 0.3 is 0 Å². The number of para-hydroxylation sites is 1. The molecule has 0 aliphatic rings. The molecular weight excluding hydrogens is 262 g/mol. The average molecular weight is 271 g/mol. The van der Waals surface area contributed by atoms with Gasteiger partial charge in [-0.25, -0.2) is 4.39 Å². The van der Waals surface area contributed by atoms with Crippen molar-refractivity contribution in [1.29, 1.82) is 0 Å². The summed E-state index contributed by atoms with van der Waals surface area (Å²) in [4.78, 5) is 0. The van der Waals surface area contributed by atoms with Crippen LogP contribution in [0.15, 0.2) is 36.4 Å². The van der Waals surface area contributed by atoms with Crippen molar-refractivity contribution in [3.63, 3.8) is 0 Å². The van der Waals surface area contributed by atoms with E-state index in [9.17, 15) is 4.39 Å². The molecule has 2 nitrogen and oxygen atoms in total. The standard InChI is InChI=1S/C12H9Cl2FN2/c13-7-3-1-5-9(11(7)15)17-10-6-2-4-8(14)12(10)16/h1-6,17H,16H2. The van der Waals surface area contributed by atoms with Crippen LogP contribution in [-0.2, 0) is 0 Å². The summed E-state index contributed by atoms with van der Waals surface area (Å²) in [5.74, 6) is -0.520. The first-order valence-corrected chi connectivity index (χ1v) is 5.60. The van der Waals surface area contributed by atoms with Crippen LogP contribution in [0, 0.1) is 5.82 Å². The number of rotatable bonds is 2. The lowest BCUT2D eigenvalue weighted by atomic mass is 10.2. The number of benzene rings is 2. The Hall–Kier alpha value is -1.45. The van der Waals surface area contributed by atoms with Gasteiger partial charge in [-0.2, -0.15) is 0 Å². The summed E-state index contributed by atoms with van der Waals surface area (Å²) in [6, 6.07) is 9.79. The second-order valence-electron chi connectivity index (χ2n) is 3.43. The molecule has 0 unspecified atom stereocenters. The summed E-state index contributed by atoms with van der Waals surface area (Å²) in [6.07, 6.45) is 0. The largest absolute Gasteiger partial charge is 0.396 e. The highest BCUT2D eigenvalue weighted by atomic mass is 35.5. The van der Waals surface area contributed by atoms with Crippen LogP contribution in [0.5, 0.6) is 0 Å². The third-order valence-electron chi connectivity index (χ3n) is 2.27. The molecule has 0 aliphatic heterocycles. The van der Waals surface area contributed by atoms with Gasteiger partial charge in [-0.1, -0.05) is 35.3 Å². The number of nitrogens with two attached hydrogens (primary N) is 1. The van der Waals surface area contributed by atoms with E-state index >= 15 is 0 Å². The Morgan fingerprint density at radius 3 is 2.24 bits per heavy atom. The van der Waals surface area contributed by atoms with Crippen LogP contribution >= 0.6 is 23.2 Å². The topological polar surface area (TPSA) is 38.0 Å². The lowest BCUT2D eigenvalue weighted by Crippen LogP contribution is -1.98. The van der Waals surface area contributed by atoms with E-state index in [1.165, 1.54) is 6.07 Å². The normalized spacial score (nSPS) is 10.3. The minimum atomic E-state index is -0.520. The molecule has 0 aromatic heterocycles. The molecule has 3 N–H and O–H groups in total. The van der Waals surface area contributed by atoms with E-state index in [1.54, 1.807) is 30.3 Å². The van der Waals surface area contributed by atoms with Gasteiger partial charge in [0.1, 0.15) is 0 Å². The molecule has 0 spiro atoms. The number of halogens is 3. The van der Waals surface area contributed by atoms with E-state index in [0.29, 0.717) is 16.4 Å². The lowest BCUT2D eigenvalue weighted by molar-refractivity contribution is 0.632. The molecule has 17 heavy (non-hydrogen) atoms. The maximum Gasteiger partial charge on any atom is 0.165 e. The van der Waals surface area contributed by atoms with Crippen molar-refractivity contribution in [2.45, 2.75) is 0 Å². The minimum absolute atomic E-state index is 0.0515. The monoisotopic (exact) mass is 270 g/mol. The molecule has 0 saturated carbocycles. The highest BCUT2D eigenvalue weighted by Gasteiger charge is 2.08. The van der Waals surface area contributed by atoms with Crippen LogP contribution in [0.1, 0.15) is 0 Å². The van der Waals surface area contributed by atoms with Gasteiger partial charge in [-0.05, 0) is 24.3 Å². The van der Waals surface area contributed by atoms with E-state index in [1.807, 2.05) is 0 Å². The van der Waals surface area contributed by atoms with E-state index in [2.05, 4.69) is 5.32 Å². The number of nitrogens with one attached hydrogen (secondary N) is 1. The van der Waals surface area contributed by atoms with E-state index in [-0.39, 0.29) is 10.7 Å². The molecule has 88 valence electrons. The van der Waals surface area contributed by atoms with Gasteiger partial charge in [0.25, 0.3) is 0 Å². The first-order valence-electron chi connectivity index (χ1n) is 4.84. The number of nitrogen functional groups attached to an aromatic ring is 1. The van der Waals surface area contributed by atoms with Crippen molar-refractivity contribution in [2.24, 2.45) is 0 Å². The number of hydrogen-bond donors (Lipinski definition) is 2. The van der Waals surface area contributed by atoms with Gasteiger partial charge in [0, 0.05) is 0 Å². The molecule has 2 aromatic rings. The Bertz CT molecular complexity index is 509. The smallest absolute Gasteiger partial charge is 0.165 e. The fourth-order valence-corrected chi connectivity index (χ4v) is 1.74. The Morgan fingerprint density at radius 2 is 1.53 bits per heavy atom. The molecule has 2 aromatic carbocycles. The molecule has 2 rings (SSSR count). The van der Waals surface area contributed by atoms with Crippen LogP contribution in [0.3, 0.4) is 0 Å². The van der Waals surface area contributed by atoms with Gasteiger partial charge < -0.3 is 11.1 Å². The van der Waals surface area contributed by atoms with Crippen LogP contribution in [0.2, 0.25) is 10.0 Å². The van der Waals surface area contributed by atoms with Gasteiger partial charge in [-0.3, -0.25) is 0 Å². The molecular formula is C12H9Cl2FN2. The van der Waals surface area contributed by atoms with Gasteiger partial charge in [0.2, 0.25) is 0 Å². The summed E-state index contributed by atoms with van der Waals surface area (Å²) in [5.41, 5.74) is 6.93. The molecule has 0 amide bonds. The summed E-state index contributed by atoms with van der Waals surface area (Å²) < 4.78 is 13.7. The first-order chi connectivity index (χ1) is 8.09. The van der Waals surface area contributed by atoms with Gasteiger partial charge in [0.15, 0.2) is 5.82 Å². The summed E-state index contributed by atoms with van der Waals surface area (Å²) in [5, 5.41) is 3.32. The predicted molar refractivity (Wildman–Crippen MR) is 70.6 cm³/mol. The Kier molecular flexibility index (Phi) is 3.41. The third kappa shape index (κ3) is 2.46. The maximum absolute atomic E-state index is 13.7. The molecule has 0 aliphatic carbocycles. The highest BCUT2D eigenvalue weighted by molar-refractivity contribution is 6.33. The van der Waals surface area contributed by atoms with Crippen LogP contribution in [0.25, 0.3) is 0 Å².